The molecule has 0 aliphatic rings. The number of anilines is 2. The van der Waals surface area contributed by atoms with Crippen LogP contribution in [0.4, 0.5) is 15.8 Å². The van der Waals surface area contributed by atoms with Gasteiger partial charge in [0.15, 0.2) is 0 Å². The molecule has 0 spiro atoms. The van der Waals surface area contributed by atoms with Crippen LogP contribution in [-0.2, 0) is 4.79 Å². The molecule has 0 saturated carbocycles. The summed E-state index contributed by atoms with van der Waals surface area (Å²) < 4.78 is 13.0. The van der Waals surface area contributed by atoms with Gasteiger partial charge < -0.3 is 10.6 Å². The molecule has 3 nitrogen and oxygen atoms in total. The maximum Gasteiger partial charge on any atom is 0.243 e. The standard InChI is InChI=1S/C16H17FN2O/c1-11-5-3-6-12(2)16(11)19-15(20)10-18-14-8-4-7-13(17)9-14/h3-9,18H,10H2,1-2H3,(H,19,20). The third-order valence-electron chi connectivity index (χ3n) is 3.02. The molecular formula is C16H17FN2O. The van der Waals surface area contributed by atoms with Crippen molar-refractivity contribution in [1.29, 1.82) is 0 Å². The quantitative estimate of drug-likeness (QED) is 0.894. The van der Waals surface area contributed by atoms with Crippen molar-refractivity contribution in [3.05, 3.63) is 59.4 Å². The van der Waals surface area contributed by atoms with Gasteiger partial charge in [0.05, 0.1) is 6.54 Å². The van der Waals surface area contributed by atoms with Crippen molar-refractivity contribution in [2.75, 3.05) is 17.2 Å². The minimum atomic E-state index is -0.329. The molecule has 2 N–H and O–H groups in total. The molecule has 0 atom stereocenters. The highest BCUT2D eigenvalue weighted by Gasteiger charge is 2.07. The number of carbonyl (C=O) groups is 1. The number of hydrogen-bond acceptors (Lipinski definition) is 2. The number of halogens is 1. The SMILES string of the molecule is Cc1cccc(C)c1NC(=O)CNc1cccc(F)c1. The van der Waals surface area contributed by atoms with E-state index in [0.717, 1.165) is 16.8 Å². The average molecular weight is 272 g/mol. The van der Waals surface area contributed by atoms with Gasteiger partial charge in [0.2, 0.25) is 5.91 Å². The lowest BCUT2D eigenvalue weighted by molar-refractivity contribution is -0.114. The first-order valence-corrected chi connectivity index (χ1v) is 6.42. The van der Waals surface area contributed by atoms with Gasteiger partial charge in [0.25, 0.3) is 0 Å². The van der Waals surface area contributed by atoms with Crippen molar-refractivity contribution in [2.45, 2.75) is 13.8 Å². The molecule has 0 unspecified atom stereocenters. The summed E-state index contributed by atoms with van der Waals surface area (Å²) in [5.74, 6) is -0.489. The third kappa shape index (κ3) is 3.57. The van der Waals surface area contributed by atoms with Gasteiger partial charge in [-0.05, 0) is 43.2 Å². The van der Waals surface area contributed by atoms with Crippen molar-refractivity contribution in [3.63, 3.8) is 0 Å². The van der Waals surface area contributed by atoms with Crippen LogP contribution in [0.3, 0.4) is 0 Å². The van der Waals surface area contributed by atoms with E-state index in [2.05, 4.69) is 10.6 Å². The lowest BCUT2D eigenvalue weighted by Gasteiger charge is -2.12. The van der Waals surface area contributed by atoms with Crippen LogP contribution in [0.15, 0.2) is 42.5 Å². The largest absolute Gasteiger partial charge is 0.376 e. The van der Waals surface area contributed by atoms with Crippen LogP contribution in [0.1, 0.15) is 11.1 Å². The first kappa shape index (κ1) is 14.1. The fourth-order valence-corrected chi connectivity index (χ4v) is 1.98. The summed E-state index contributed by atoms with van der Waals surface area (Å²) in [7, 11) is 0. The molecule has 0 fully saturated rings. The molecule has 20 heavy (non-hydrogen) atoms. The van der Waals surface area contributed by atoms with Gasteiger partial charge >= 0.3 is 0 Å². The number of carbonyl (C=O) groups excluding carboxylic acids is 1. The summed E-state index contributed by atoms with van der Waals surface area (Å²) in [5.41, 5.74) is 3.45. The molecule has 4 heteroatoms. The number of para-hydroxylation sites is 1. The maximum absolute atomic E-state index is 13.0. The maximum atomic E-state index is 13.0. The number of aryl methyl sites for hydroxylation is 2. The van der Waals surface area contributed by atoms with E-state index in [-0.39, 0.29) is 18.3 Å². The Bertz CT molecular complexity index is 605. The molecule has 0 aliphatic carbocycles. The van der Waals surface area contributed by atoms with Crippen LogP contribution in [0.2, 0.25) is 0 Å². The van der Waals surface area contributed by atoms with E-state index in [1.54, 1.807) is 12.1 Å². The normalized spacial score (nSPS) is 10.2. The number of nitrogens with one attached hydrogen (secondary N) is 2. The topological polar surface area (TPSA) is 41.1 Å². The summed E-state index contributed by atoms with van der Waals surface area (Å²) in [6, 6.07) is 11.9. The van der Waals surface area contributed by atoms with Gasteiger partial charge in [-0.25, -0.2) is 4.39 Å². The first-order chi connectivity index (χ1) is 9.56. The Morgan fingerprint density at radius 3 is 2.40 bits per heavy atom. The van der Waals surface area contributed by atoms with Crippen LogP contribution in [0.5, 0.6) is 0 Å². The Labute approximate surface area is 117 Å². The highest BCUT2D eigenvalue weighted by molar-refractivity contribution is 5.95. The second-order valence-corrected chi connectivity index (χ2v) is 4.68. The van der Waals surface area contributed by atoms with Crippen molar-refractivity contribution in [2.24, 2.45) is 0 Å². The monoisotopic (exact) mass is 272 g/mol. The van der Waals surface area contributed by atoms with Gasteiger partial charge in [-0.2, -0.15) is 0 Å². The van der Waals surface area contributed by atoms with Crippen LogP contribution >= 0.6 is 0 Å². The lowest BCUT2D eigenvalue weighted by Crippen LogP contribution is -2.22. The zero-order chi connectivity index (χ0) is 14.5. The number of rotatable bonds is 4. The molecule has 0 aliphatic heterocycles. The Morgan fingerprint density at radius 2 is 1.75 bits per heavy atom. The first-order valence-electron chi connectivity index (χ1n) is 6.42. The predicted octanol–water partition coefficient (Wildman–Crippen LogP) is 3.49. The van der Waals surface area contributed by atoms with E-state index in [4.69, 9.17) is 0 Å². The molecule has 2 rings (SSSR count). The van der Waals surface area contributed by atoms with E-state index in [1.807, 2.05) is 32.0 Å². The van der Waals surface area contributed by atoms with E-state index < -0.39 is 0 Å². The molecule has 104 valence electrons. The van der Waals surface area contributed by atoms with Crippen LogP contribution in [0, 0.1) is 19.7 Å². The van der Waals surface area contributed by atoms with E-state index in [1.165, 1.54) is 12.1 Å². The molecule has 2 aromatic rings. The van der Waals surface area contributed by atoms with E-state index in [0.29, 0.717) is 5.69 Å². The Balaban J connectivity index is 1.96. The van der Waals surface area contributed by atoms with Crippen LogP contribution in [-0.4, -0.2) is 12.5 Å². The van der Waals surface area contributed by atoms with Crippen molar-refractivity contribution < 1.29 is 9.18 Å². The van der Waals surface area contributed by atoms with E-state index >= 15 is 0 Å². The summed E-state index contributed by atoms with van der Waals surface area (Å²) in [5, 5.41) is 5.76. The van der Waals surface area contributed by atoms with Crippen LogP contribution < -0.4 is 10.6 Å². The summed E-state index contributed by atoms with van der Waals surface area (Å²) in [6.45, 7) is 3.99. The van der Waals surface area contributed by atoms with Crippen LogP contribution in [0.25, 0.3) is 0 Å². The number of amides is 1. The highest BCUT2D eigenvalue weighted by Crippen LogP contribution is 2.19. The molecule has 0 bridgehead atoms. The van der Waals surface area contributed by atoms with Crippen molar-refractivity contribution in [3.8, 4) is 0 Å². The smallest absolute Gasteiger partial charge is 0.243 e. The Hall–Kier alpha value is -2.36. The zero-order valence-corrected chi connectivity index (χ0v) is 11.5. The second kappa shape index (κ2) is 6.19. The van der Waals surface area contributed by atoms with Gasteiger partial charge in [-0.1, -0.05) is 24.3 Å². The summed E-state index contributed by atoms with van der Waals surface area (Å²) >= 11 is 0. The minimum absolute atomic E-state index is 0.0945. The highest BCUT2D eigenvalue weighted by atomic mass is 19.1. The molecular weight excluding hydrogens is 255 g/mol. The average Bonchev–Trinajstić information content (AvgIpc) is 2.41. The van der Waals surface area contributed by atoms with Gasteiger partial charge in [-0.15, -0.1) is 0 Å². The summed E-state index contributed by atoms with van der Waals surface area (Å²) in [6.07, 6.45) is 0. The third-order valence-corrected chi connectivity index (χ3v) is 3.02. The molecule has 2 aromatic carbocycles. The Morgan fingerprint density at radius 1 is 1.10 bits per heavy atom. The molecule has 0 aromatic heterocycles. The van der Waals surface area contributed by atoms with Gasteiger partial charge in [0.1, 0.15) is 5.82 Å². The van der Waals surface area contributed by atoms with Crippen molar-refractivity contribution >= 4 is 17.3 Å². The second-order valence-electron chi connectivity index (χ2n) is 4.68. The zero-order valence-electron chi connectivity index (χ0n) is 11.5. The minimum Gasteiger partial charge on any atom is -0.376 e. The number of benzene rings is 2. The molecule has 0 radical (unpaired) electrons. The molecule has 0 saturated heterocycles. The van der Waals surface area contributed by atoms with Gasteiger partial charge in [0, 0.05) is 11.4 Å². The molecule has 0 heterocycles. The lowest BCUT2D eigenvalue weighted by atomic mass is 10.1. The van der Waals surface area contributed by atoms with Gasteiger partial charge in [-0.3, -0.25) is 4.79 Å². The number of hydrogen-bond donors (Lipinski definition) is 2. The van der Waals surface area contributed by atoms with Crippen molar-refractivity contribution in [1.82, 2.24) is 0 Å². The molecule has 1 amide bonds. The summed E-state index contributed by atoms with van der Waals surface area (Å²) in [4.78, 5) is 11.9. The van der Waals surface area contributed by atoms with E-state index in [9.17, 15) is 9.18 Å². The Kier molecular flexibility index (Phi) is 4.35. The predicted molar refractivity (Wildman–Crippen MR) is 79.4 cm³/mol. The fourth-order valence-electron chi connectivity index (χ4n) is 1.98. The fraction of sp³-hybridized carbons (Fsp3) is 0.188.